The molecule has 3 aromatic heterocycles. The van der Waals surface area contributed by atoms with Gasteiger partial charge in [0.25, 0.3) is 0 Å². The summed E-state index contributed by atoms with van der Waals surface area (Å²) in [5.41, 5.74) is 19.9. The fourth-order valence-corrected chi connectivity index (χ4v) is 10.9. The molecule has 1 aliphatic rings. The van der Waals surface area contributed by atoms with Crippen LogP contribution in [0.5, 0.6) is 0 Å². The van der Waals surface area contributed by atoms with Crippen LogP contribution in [0.2, 0.25) is 0 Å². The van der Waals surface area contributed by atoms with Gasteiger partial charge in [0, 0.05) is 91.0 Å². The maximum absolute atomic E-state index is 14.9. The molecule has 0 saturated heterocycles. The molecule has 0 spiro atoms. The van der Waals surface area contributed by atoms with Gasteiger partial charge in [0.15, 0.2) is 5.96 Å². The summed E-state index contributed by atoms with van der Waals surface area (Å²) in [5.74, 6) is -5.73. The first-order valence-corrected chi connectivity index (χ1v) is 28.3. The van der Waals surface area contributed by atoms with Crippen molar-refractivity contribution in [2.24, 2.45) is 22.2 Å². The zero-order chi connectivity index (χ0) is 57.8. The zero-order valence-corrected chi connectivity index (χ0v) is 46.3. The Balaban J connectivity index is 1.29. The lowest BCUT2D eigenvalue weighted by atomic mass is 10.0. The third-order valence-electron chi connectivity index (χ3n) is 13.9. The number of para-hydroxylation sites is 1. The van der Waals surface area contributed by atoms with Crippen molar-refractivity contribution in [3.63, 3.8) is 0 Å². The number of nitrogens with one attached hydrogen (secondary N) is 9. The van der Waals surface area contributed by atoms with Gasteiger partial charge in [0.2, 0.25) is 47.3 Å². The van der Waals surface area contributed by atoms with Gasteiger partial charge >= 0.3 is 0 Å². The molecule has 0 saturated carbocycles. The van der Waals surface area contributed by atoms with Gasteiger partial charge in [-0.1, -0.05) is 92.6 Å². The van der Waals surface area contributed by atoms with E-state index in [0.29, 0.717) is 49.0 Å². The average Bonchev–Trinajstić information content (AvgIpc) is 4.31. The number of imidazole rings is 1. The SMILES string of the molecule is CCCC[C@H](NC(C)=O)C(=O)N[C@H]1CCCCn2cc3ccccc3c2SC[C@@H](C(N)=O)NC(=O)[C@H](Cc2c[nH]c3ccccc23)NC(=O)[C@H](CCCN=C(N)N)NC(=O)[C@@H](Cc2ccccc2)NC(=O)[C@H](Cc2cnc[nH]2)NC1=O. The maximum Gasteiger partial charge on any atom is 0.243 e. The van der Waals surface area contributed by atoms with Crippen LogP contribution in [0.3, 0.4) is 0 Å². The van der Waals surface area contributed by atoms with Crippen LogP contribution in [-0.2, 0) is 64.2 Å². The predicted octanol–water partition coefficient (Wildman–Crippen LogP) is 1.99. The molecule has 0 bridgehead atoms. The van der Waals surface area contributed by atoms with Crippen molar-refractivity contribution in [1.29, 1.82) is 0 Å². The molecule has 23 nitrogen and oxygen atoms in total. The lowest BCUT2D eigenvalue weighted by molar-refractivity contribution is -0.135. The molecule has 0 fully saturated rings. The Morgan fingerprint density at radius 1 is 0.753 bits per heavy atom. The molecule has 8 amide bonds. The summed E-state index contributed by atoms with van der Waals surface area (Å²) in [4.78, 5) is 128. The van der Waals surface area contributed by atoms with E-state index >= 15 is 0 Å². The molecule has 15 N–H and O–H groups in total. The molecule has 430 valence electrons. The molecule has 6 aromatic rings. The molecule has 3 aromatic carbocycles. The van der Waals surface area contributed by atoms with Crippen LogP contribution in [0.25, 0.3) is 21.7 Å². The van der Waals surface area contributed by atoms with Crippen LogP contribution in [0.15, 0.2) is 114 Å². The second-order valence-electron chi connectivity index (χ2n) is 20.2. The van der Waals surface area contributed by atoms with Crippen LogP contribution in [0, 0.1) is 0 Å². The highest BCUT2D eigenvalue weighted by Gasteiger charge is 2.35. The number of nitrogens with two attached hydrogens (primary N) is 3. The lowest BCUT2D eigenvalue weighted by Crippen LogP contribution is -2.61. The Hall–Kier alpha value is -8.67. The third kappa shape index (κ3) is 17.4. The Morgan fingerprint density at radius 2 is 1.41 bits per heavy atom. The van der Waals surface area contributed by atoms with Gasteiger partial charge < -0.3 is 69.0 Å². The number of benzene rings is 3. The molecule has 0 unspecified atom stereocenters. The summed E-state index contributed by atoms with van der Waals surface area (Å²) < 4.78 is 2.02. The average molecular weight is 1130 g/mol. The first kappa shape index (κ1) is 60.0. The maximum atomic E-state index is 14.9. The van der Waals surface area contributed by atoms with Crippen molar-refractivity contribution in [2.75, 3.05) is 12.3 Å². The third-order valence-corrected chi connectivity index (χ3v) is 15.2. The topological polar surface area (TPSA) is 361 Å². The molecular weight excluding hydrogens is 1050 g/mol. The molecule has 4 heterocycles. The molecule has 7 rings (SSSR count). The highest BCUT2D eigenvalue weighted by atomic mass is 32.2. The number of amides is 8. The normalized spacial score (nSPS) is 20.5. The van der Waals surface area contributed by atoms with Gasteiger partial charge in [-0.25, -0.2) is 4.98 Å². The van der Waals surface area contributed by atoms with Crippen molar-refractivity contribution in [3.8, 4) is 0 Å². The minimum atomic E-state index is -1.36. The van der Waals surface area contributed by atoms with Crippen molar-refractivity contribution in [3.05, 3.63) is 121 Å². The van der Waals surface area contributed by atoms with E-state index in [2.05, 4.69) is 57.2 Å². The van der Waals surface area contributed by atoms with E-state index < -0.39 is 89.6 Å². The van der Waals surface area contributed by atoms with Crippen LogP contribution < -0.4 is 54.4 Å². The Bertz CT molecular complexity index is 3160. The monoisotopic (exact) mass is 1130 g/mol. The summed E-state index contributed by atoms with van der Waals surface area (Å²) in [6, 6.07) is 15.3. The molecule has 0 aliphatic carbocycles. The number of rotatable bonds is 17. The molecule has 24 heteroatoms. The van der Waals surface area contributed by atoms with E-state index in [0.717, 1.165) is 33.1 Å². The van der Waals surface area contributed by atoms with Crippen LogP contribution >= 0.6 is 11.8 Å². The minimum Gasteiger partial charge on any atom is -0.370 e. The van der Waals surface area contributed by atoms with Crippen LogP contribution in [0.1, 0.15) is 82.0 Å². The van der Waals surface area contributed by atoms with E-state index in [1.54, 1.807) is 36.5 Å². The number of carbonyl (C=O) groups is 8. The fourth-order valence-electron chi connectivity index (χ4n) is 9.71. The first-order valence-electron chi connectivity index (χ1n) is 27.3. The van der Waals surface area contributed by atoms with Gasteiger partial charge in [-0.05, 0) is 55.7 Å². The Labute approximate surface area is 473 Å². The van der Waals surface area contributed by atoms with E-state index in [9.17, 15) is 38.4 Å². The van der Waals surface area contributed by atoms with Gasteiger partial charge in [-0.15, -0.1) is 11.8 Å². The number of guanidine groups is 1. The second-order valence-corrected chi connectivity index (χ2v) is 21.2. The first-order chi connectivity index (χ1) is 39.1. The number of carbonyl (C=O) groups excluding carboxylic acids is 8. The Morgan fingerprint density at radius 3 is 2.11 bits per heavy atom. The summed E-state index contributed by atoms with van der Waals surface area (Å²) in [5, 5.41) is 23.2. The number of aryl methyl sites for hydroxylation is 1. The number of unbranched alkanes of at least 4 members (excludes halogenated alkanes) is 1. The number of H-pyrrole nitrogens is 2. The largest absolute Gasteiger partial charge is 0.370 e. The summed E-state index contributed by atoms with van der Waals surface area (Å²) in [7, 11) is 0. The van der Waals surface area contributed by atoms with Crippen molar-refractivity contribution in [2.45, 2.75) is 138 Å². The minimum absolute atomic E-state index is 0.00230. The van der Waals surface area contributed by atoms with Gasteiger partial charge in [-0.3, -0.25) is 43.3 Å². The number of aliphatic imine (C=N–C) groups is 1. The molecular formula is C57H73N15O8S. The number of aromatic amines is 2. The van der Waals surface area contributed by atoms with Crippen LogP contribution in [-0.4, -0.2) is 127 Å². The number of hydrogen-bond donors (Lipinski definition) is 12. The standard InChI is InChI=1S/C57H73N15O8S/c1-3-4-20-42(65-34(2)73)50(75)66-43-22-12-13-25-72-31-36-17-8-9-19-40(36)56(72)81-32-48(49(58)74)71-54(79)46(27-37-29-63-41-21-11-10-18-39(37)41)69-52(77)44(23-14-24-62-57(59)60)67-53(78)45(26-35-15-6-5-7-16-35)68-55(80)47(70-51(43)76)28-38-30-61-33-64-38/h5-11,15-19,21,29-31,33,42-48,63H,3-4,12-14,20,22-28,32H2,1-2H3,(H2,58,74)(H,61,64)(H,65,73)(H,66,75)(H,67,78)(H,68,80)(H,69,77)(H,70,76)(H,71,79)(H4,59,60,62)/t42-,43-,44-,45+,46-,47-,48-/m0/s1. The van der Waals surface area contributed by atoms with Gasteiger partial charge in [0.1, 0.15) is 42.3 Å². The van der Waals surface area contributed by atoms with E-state index in [4.69, 9.17) is 17.2 Å². The number of aromatic nitrogens is 4. The fraction of sp³-hybridized carbons (Fsp3) is 0.404. The van der Waals surface area contributed by atoms with Crippen molar-refractivity contribution >= 4 is 86.7 Å². The van der Waals surface area contributed by atoms with Crippen molar-refractivity contribution in [1.82, 2.24) is 56.7 Å². The number of nitrogens with zero attached hydrogens (tertiary/aromatic N) is 3. The van der Waals surface area contributed by atoms with Gasteiger partial charge in [0.05, 0.1) is 11.4 Å². The number of fused-ring (bicyclic) bond motifs is 4. The second kappa shape index (κ2) is 29.5. The number of hydrogen-bond acceptors (Lipinski definition) is 11. The molecule has 0 radical (unpaired) electrons. The number of thioether (sulfide) groups is 1. The molecule has 81 heavy (non-hydrogen) atoms. The van der Waals surface area contributed by atoms with Crippen molar-refractivity contribution < 1.29 is 38.4 Å². The zero-order valence-electron chi connectivity index (χ0n) is 45.5. The van der Waals surface area contributed by atoms with Gasteiger partial charge in [-0.2, -0.15) is 0 Å². The van der Waals surface area contributed by atoms with E-state index in [-0.39, 0.29) is 56.8 Å². The summed E-state index contributed by atoms with van der Waals surface area (Å²) in [6.45, 7) is 3.77. The number of primary amides is 1. The van der Waals surface area contributed by atoms with Crippen LogP contribution in [0.4, 0.5) is 0 Å². The predicted molar refractivity (Wildman–Crippen MR) is 309 cm³/mol. The van der Waals surface area contributed by atoms with E-state index in [1.807, 2.05) is 66.2 Å². The highest BCUT2D eigenvalue weighted by molar-refractivity contribution is 7.99. The summed E-state index contributed by atoms with van der Waals surface area (Å²) in [6.07, 6.45) is 9.22. The smallest absolute Gasteiger partial charge is 0.243 e. The lowest BCUT2D eigenvalue weighted by Gasteiger charge is -2.28. The van der Waals surface area contributed by atoms with E-state index in [1.165, 1.54) is 31.2 Å². The quantitative estimate of drug-likeness (QED) is 0.0355. The Kier molecular flexibility index (Phi) is 21.9. The molecule has 7 atom stereocenters. The summed E-state index contributed by atoms with van der Waals surface area (Å²) >= 11 is 1.31. The highest BCUT2D eigenvalue weighted by Crippen LogP contribution is 2.31. The molecule has 1 aliphatic heterocycles.